The number of carbonyl (C=O) groups is 1. The van der Waals surface area contributed by atoms with E-state index >= 15 is 0 Å². The molecule has 0 saturated carbocycles. The Balaban J connectivity index is 2.44. The van der Waals surface area contributed by atoms with Crippen molar-refractivity contribution in [3.8, 4) is 0 Å². The van der Waals surface area contributed by atoms with Crippen LogP contribution in [0.25, 0.3) is 0 Å². The minimum Gasteiger partial charge on any atom is -0.457 e. The molecule has 0 aromatic carbocycles. The number of hydrogen-bond donors (Lipinski definition) is 4. The Labute approximate surface area is 387 Å². The number of hydrogen-bond acceptors (Lipinski definition) is 11. The van der Waals surface area contributed by atoms with Crippen LogP contribution in [0.4, 0.5) is 0 Å². The SMILES string of the molecule is CC/C=C\C/C=C\C/C=C\C/C=C\C/C=C\CCCCCC(=O)OC(COCCCCCCCCCC/C=C\C/C=C\CCCCC)COC1OC(CO)C(O)C(OS(=O)(=O)O)C1O. The highest BCUT2D eigenvalue weighted by Gasteiger charge is 2.48. The van der Waals surface area contributed by atoms with Crippen molar-refractivity contribution >= 4 is 16.4 Å². The monoisotopic (exact) mass is 923 g/mol. The predicted molar refractivity (Wildman–Crippen MR) is 257 cm³/mol. The Hall–Kier alpha value is -2.72. The molecule has 13 heteroatoms. The van der Waals surface area contributed by atoms with Crippen molar-refractivity contribution in [1.82, 2.24) is 0 Å². The fraction of sp³-hybridized carbons (Fsp3) is 0.706. The first-order valence-electron chi connectivity index (χ1n) is 24.3. The Morgan fingerprint density at radius 3 is 1.58 bits per heavy atom. The van der Waals surface area contributed by atoms with E-state index in [0.29, 0.717) is 13.0 Å². The molecule has 0 aromatic heterocycles. The van der Waals surface area contributed by atoms with Crippen molar-refractivity contribution in [3.63, 3.8) is 0 Å². The molecule has 4 N–H and O–H groups in total. The molecule has 368 valence electrons. The molecular formula is C51H86O12S. The third-order valence-electron chi connectivity index (χ3n) is 10.5. The lowest BCUT2D eigenvalue weighted by Crippen LogP contribution is -2.60. The maximum absolute atomic E-state index is 12.9. The van der Waals surface area contributed by atoms with Crippen molar-refractivity contribution < 1.29 is 56.2 Å². The number of esters is 1. The molecule has 0 bridgehead atoms. The molecule has 1 fully saturated rings. The van der Waals surface area contributed by atoms with Gasteiger partial charge in [0.25, 0.3) is 0 Å². The van der Waals surface area contributed by atoms with Gasteiger partial charge in [0.1, 0.15) is 30.5 Å². The van der Waals surface area contributed by atoms with Gasteiger partial charge in [-0.3, -0.25) is 9.35 Å². The third-order valence-corrected chi connectivity index (χ3v) is 11.0. The minimum absolute atomic E-state index is 0.0132. The van der Waals surface area contributed by atoms with Crippen LogP contribution in [-0.4, -0.2) is 97.5 Å². The van der Waals surface area contributed by atoms with Crippen molar-refractivity contribution in [2.75, 3.05) is 26.4 Å². The van der Waals surface area contributed by atoms with Crippen LogP contribution in [0.15, 0.2) is 85.1 Å². The average Bonchev–Trinajstić information content (AvgIpc) is 3.27. The van der Waals surface area contributed by atoms with Gasteiger partial charge in [0, 0.05) is 13.0 Å². The lowest BCUT2D eigenvalue weighted by Gasteiger charge is -2.41. The summed E-state index contributed by atoms with van der Waals surface area (Å²) in [5.41, 5.74) is 0. The zero-order valence-corrected chi connectivity index (χ0v) is 40.1. The highest BCUT2D eigenvalue weighted by molar-refractivity contribution is 7.80. The van der Waals surface area contributed by atoms with Crippen LogP contribution in [0.2, 0.25) is 0 Å². The summed E-state index contributed by atoms with van der Waals surface area (Å²) in [7, 11) is -5.07. The number of carbonyl (C=O) groups excluding carboxylic acids is 1. The number of aliphatic hydroxyl groups excluding tert-OH is 3. The van der Waals surface area contributed by atoms with Gasteiger partial charge in [0.2, 0.25) is 0 Å². The van der Waals surface area contributed by atoms with Crippen LogP contribution in [0, 0.1) is 0 Å². The molecule has 1 rings (SSSR count). The van der Waals surface area contributed by atoms with Gasteiger partial charge in [-0.25, -0.2) is 4.18 Å². The molecule has 0 spiro atoms. The standard InChI is InChI=1S/C51H86O12S/c1-3-5-7-9-11-13-15-17-19-21-23-24-26-28-30-32-34-36-38-40-47(53)61-45(44-60-51-49(55)50(63-64(56,57)58)48(54)46(42-52)62-51)43-59-41-39-37-35-33-31-29-27-25-22-20-18-16-14-12-10-8-6-4-2/h5,7,11-14,17-20,23-24,28,30,45-46,48-52,54-55H,3-4,6,8-10,15-16,21-22,25-27,29,31-44H2,1-2H3,(H,56,57,58)/b7-5-,13-11-,14-12-,19-17-,20-18-,24-23-,30-28-. The molecule has 0 aromatic rings. The van der Waals surface area contributed by atoms with Crippen molar-refractivity contribution in [3.05, 3.63) is 85.1 Å². The van der Waals surface area contributed by atoms with Crippen molar-refractivity contribution in [1.29, 1.82) is 0 Å². The van der Waals surface area contributed by atoms with E-state index in [9.17, 15) is 33.1 Å². The quantitative estimate of drug-likeness (QED) is 0.0198. The van der Waals surface area contributed by atoms with Gasteiger partial charge in [-0.15, -0.1) is 0 Å². The fourth-order valence-corrected chi connectivity index (χ4v) is 7.35. The van der Waals surface area contributed by atoms with Crippen molar-refractivity contribution in [2.45, 2.75) is 205 Å². The summed E-state index contributed by atoms with van der Waals surface area (Å²) in [6.45, 7) is 3.78. The summed E-state index contributed by atoms with van der Waals surface area (Å²) in [4.78, 5) is 12.9. The van der Waals surface area contributed by atoms with Gasteiger partial charge in [0.15, 0.2) is 6.29 Å². The summed E-state index contributed by atoms with van der Waals surface area (Å²) in [5.74, 6) is -0.435. The zero-order valence-electron chi connectivity index (χ0n) is 39.3. The molecule has 6 unspecified atom stereocenters. The molecule has 6 atom stereocenters. The minimum atomic E-state index is -5.07. The first-order chi connectivity index (χ1) is 31.1. The molecule has 0 amide bonds. The fourth-order valence-electron chi connectivity index (χ4n) is 6.85. The van der Waals surface area contributed by atoms with Gasteiger partial charge >= 0.3 is 16.4 Å². The summed E-state index contributed by atoms with van der Waals surface area (Å²) >= 11 is 0. The molecule has 1 saturated heterocycles. The summed E-state index contributed by atoms with van der Waals surface area (Å²) in [6.07, 6.45) is 46.1. The number of rotatable bonds is 41. The van der Waals surface area contributed by atoms with E-state index in [1.165, 1.54) is 57.8 Å². The van der Waals surface area contributed by atoms with Crippen LogP contribution in [-0.2, 0) is 38.3 Å². The van der Waals surface area contributed by atoms with Gasteiger partial charge in [0.05, 0.1) is 19.8 Å². The first-order valence-corrected chi connectivity index (χ1v) is 25.7. The van der Waals surface area contributed by atoms with Crippen LogP contribution in [0.5, 0.6) is 0 Å². The average molecular weight is 923 g/mol. The first kappa shape index (κ1) is 59.3. The number of allylic oxidation sites excluding steroid dienone is 14. The van der Waals surface area contributed by atoms with Crippen LogP contribution >= 0.6 is 0 Å². The van der Waals surface area contributed by atoms with Gasteiger partial charge in [-0.1, -0.05) is 157 Å². The van der Waals surface area contributed by atoms with Crippen molar-refractivity contribution in [2.24, 2.45) is 0 Å². The van der Waals surface area contributed by atoms with Gasteiger partial charge < -0.3 is 34.3 Å². The van der Waals surface area contributed by atoms with Gasteiger partial charge in [-0.05, 0) is 89.9 Å². The maximum atomic E-state index is 12.9. The predicted octanol–water partition coefficient (Wildman–Crippen LogP) is 10.9. The molecular weight excluding hydrogens is 837 g/mol. The van der Waals surface area contributed by atoms with Crippen LogP contribution < -0.4 is 0 Å². The Morgan fingerprint density at radius 2 is 1.08 bits per heavy atom. The third kappa shape index (κ3) is 34.6. The van der Waals surface area contributed by atoms with E-state index in [1.807, 2.05) is 0 Å². The summed E-state index contributed by atoms with van der Waals surface area (Å²) in [6, 6.07) is 0. The molecule has 1 aliphatic rings. The number of ether oxygens (including phenoxy) is 4. The summed E-state index contributed by atoms with van der Waals surface area (Å²) in [5, 5.41) is 30.7. The largest absolute Gasteiger partial charge is 0.457 e. The topological polar surface area (TPSA) is 178 Å². The second-order valence-electron chi connectivity index (χ2n) is 16.3. The van der Waals surface area contributed by atoms with E-state index in [2.05, 4.69) is 103 Å². The molecule has 12 nitrogen and oxygen atoms in total. The van der Waals surface area contributed by atoms with Crippen LogP contribution in [0.1, 0.15) is 168 Å². The molecule has 1 aliphatic heterocycles. The second-order valence-corrected chi connectivity index (χ2v) is 17.4. The van der Waals surface area contributed by atoms with E-state index in [4.69, 9.17) is 18.9 Å². The molecule has 1 heterocycles. The van der Waals surface area contributed by atoms with E-state index < -0.39 is 59.8 Å². The number of aliphatic hydroxyl groups is 3. The molecule has 0 radical (unpaired) electrons. The van der Waals surface area contributed by atoms with E-state index in [-0.39, 0.29) is 19.6 Å². The highest BCUT2D eigenvalue weighted by atomic mass is 32.3. The Bertz CT molecular complexity index is 1440. The molecule has 0 aliphatic carbocycles. The number of unbranched alkanes of at least 4 members (excludes halogenated alkanes) is 14. The summed E-state index contributed by atoms with van der Waals surface area (Å²) < 4.78 is 59.1. The van der Waals surface area contributed by atoms with E-state index in [1.54, 1.807) is 0 Å². The lowest BCUT2D eigenvalue weighted by molar-refractivity contribution is -0.301. The maximum Gasteiger partial charge on any atom is 0.397 e. The highest BCUT2D eigenvalue weighted by Crippen LogP contribution is 2.26. The normalized spacial score (nSPS) is 20.5. The Kier molecular flexibility index (Phi) is 38.6. The zero-order chi connectivity index (χ0) is 46.8. The van der Waals surface area contributed by atoms with Crippen LogP contribution in [0.3, 0.4) is 0 Å². The lowest BCUT2D eigenvalue weighted by atomic mass is 9.99. The Morgan fingerprint density at radius 1 is 0.609 bits per heavy atom. The van der Waals surface area contributed by atoms with E-state index in [0.717, 1.165) is 83.5 Å². The van der Waals surface area contributed by atoms with Gasteiger partial charge in [-0.2, -0.15) is 8.42 Å². The molecule has 64 heavy (non-hydrogen) atoms. The smallest absolute Gasteiger partial charge is 0.397 e. The second kappa shape index (κ2) is 41.7.